The van der Waals surface area contributed by atoms with Gasteiger partial charge in [0.1, 0.15) is 6.04 Å². The third kappa shape index (κ3) is 4.44. The third-order valence-electron chi connectivity index (χ3n) is 2.37. The van der Waals surface area contributed by atoms with Gasteiger partial charge in [0.05, 0.1) is 6.42 Å². The number of nitrogens with zero attached hydrogens (tertiary/aromatic N) is 1. The molecule has 1 heterocycles. The molecular weight excluding hydrogens is 300 g/mol. The molecule has 1 rings (SSSR count). The summed E-state index contributed by atoms with van der Waals surface area (Å²) in [5.74, 6) is -2.09. The van der Waals surface area contributed by atoms with Gasteiger partial charge in [-0.1, -0.05) is 0 Å². The Morgan fingerprint density at radius 1 is 1.42 bits per heavy atom. The number of carboxylic acids is 1. The maximum Gasteiger partial charge on any atom is 0.305 e. The Morgan fingerprint density at radius 3 is 2.47 bits per heavy atom. The van der Waals surface area contributed by atoms with Crippen LogP contribution in [0.15, 0.2) is 0 Å². The molecule has 1 unspecified atom stereocenters. The zero-order chi connectivity index (χ0) is 14.8. The second kappa shape index (κ2) is 5.43. The first-order valence-electron chi connectivity index (χ1n) is 5.20. The van der Waals surface area contributed by atoms with Crippen LogP contribution in [0.5, 0.6) is 0 Å². The van der Waals surface area contributed by atoms with E-state index < -0.39 is 49.3 Å². The van der Waals surface area contributed by atoms with Crippen LogP contribution >= 0.6 is 0 Å². The standard InChI is InChI=1S/C8H14N2O7S2/c1-18(14,15)5-19(16,17)10-3-2-9-8(13)6(10)4-7(11)12/h6H,2-5H2,1H3,(H,9,13)(H,11,12). The number of carbonyl (C=O) groups is 2. The van der Waals surface area contributed by atoms with E-state index in [4.69, 9.17) is 5.11 Å². The van der Waals surface area contributed by atoms with E-state index in [1.54, 1.807) is 0 Å². The Labute approximate surface area is 110 Å². The number of sulfonamides is 1. The minimum absolute atomic E-state index is 0.0118. The first-order chi connectivity index (χ1) is 8.53. The summed E-state index contributed by atoms with van der Waals surface area (Å²) in [6, 6.07) is -1.42. The third-order valence-corrected chi connectivity index (χ3v) is 6.43. The van der Waals surface area contributed by atoms with Crippen molar-refractivity contribution in [2.24, 2.45) is 0 Å². The smallest absolute Gasteiger partial charge is 0.305 e. The molecule has 0 aromatic heterocycles. The van der Waals surface area contributed by atoms with Crippen LogP contribution in [0.3, 0.4) is 0 Å². The lowest BCUT2D eigenvalue weighted by Crippen LogP contribution is -2.58. The molecule has 110 valence electrons. The fraction of sp³-hybridized carbons (Fsp3) is 0.750. The Hall–Kier alpha value is -1.20. The number of aliphatic carboxylic acids is 1. The van der Waals surface area contributed by atoms with Gasteiger partial charge in [0.15, 0.2) is 14.9 Å². The number of piperazine rings is 1. The Balaban J connectivity index is 3.06. The number of carbonyl (C=O) groups excluding carboxylic acids is 1. The van der Waals surface area contributed by atoms with Crippen LogP contribution in [0.4, 0.5) is 0 Å². The van der Waals surface area contributed by atoms with Crippen LogP contribution in [0.2, 0.25) is 0 Å². The van der Waals surface area contributed by atoms with Crippen LogP contribution in [0, 0.1) is 0 Å². The SMILES string of the molecule is CS(=O)(=O)CS(=O)(=O)N1CCNC(=O)C1CC(=O)O. The maximum absolute atomic E-state index is 11.9. The van der Waals surface area contributed by atoms with Gasteiger partial charge in [0.25, 0.3) is 0 Å². The average Bonchev–Trinajstić information content (AvgIpc) is 2.16. The quantitative estimate of drug-likeness (QED) is 0.576. The zero-order valence-corrected chi connectivity index (χ0v) is 11.7. The van der Waals surface area contributed by atoms with Gasteiger partial charge in [-0.2, -0.15) is 4.31 Å². The van der Waals surface area contributed by atoms with Crippen molar-refractivity contribution in [2.45, 2.75) is 12.5 Å². The summed E-state index contributed by atoms with van der Waals surface area (Å²) in [6.07, 6.45) is 0.0373. The Morgan fingerprint density at radius 2 is 2.00 bits per heavy atom. The van der Waals surface area contributed by atoms with E-state index in [1.165, 1.54) is 0 Å². The molecule has 1 amide bonds. The summed E-state index contributed by atoms with van der Waals surface area (Å²) in [7, 11) is -8.06. The number of carboxylic acid groups (broad SMARTS) is 1. The van der Waals surface area contributed by atoms with E-state index in [0.717, 1.165) is 6.26 Å². The topological polar surface area (TPSA) is 138 Å². The molecule has 2 N–H and O–H groups in total. The molecule has 1 aliphatic rings. The number of hydrogen-bond donors (Lipinski definition) is 2. The molecule has 0 saturated carbocycles. The maximum atomic E-state index is 11.9. The molecule has 1 aliphatic heterocycles. The highest BCUT2D eigenvalue weighted by atomic mass is 32.3. The fourth-order valence-corrected chi connectivity index (χ4v) is 5.36. The molecule has 11 heteroatoms. The van der Waals surface area contributed by atoms with Crippen molar-refractivity contribution in [3.05, 3.63) is 0 Å². The summed E-state index contributed by atoms with van der Waals surface area (Å²) >= 11 is 0. The normalized spacial score (nSPS) is 21.9. The zero-order valence-electron chi connectivity index (χ0n) is 10.1. The first-order valence-corrected chi connectivity index (χ1v) is 8.86. The minimum atomic E-state index is -4.25. The molecule has 19 heavy (non-hydrogen) atoms. The molecule has 1 saturated heterocycles. The monoisotopic (exact) mass is 314 g/mol. The van der Waals surface area contributed by atoms with E-state index in [9.17, 15) is 26.4 Å². The van der Waals surface area contributed by atoms with E-state index in [1.807, 2.05) is 0 Å². The van der Waals surface area contributed by atoms with Crippen molar-refractivity contribution >= 4 is 31.7 Å². The number of rotatable bonds is 5. The molecule has 0 radical (unpaired) electrons. The van der Waals surface area contributed by atoms with Crippen molar-refractivity contribution < 1.29 is 31.5 Å². The van der Waals surface area contributed by atoms with Gasteiger partial charge in [-0.15, -0.1) is 0 Å². The van der Waals surface area contributed by atoms with Crippen molar-refractivity contribution in [1.29, 1.82) is 0 Å². The van der Waals surface area contributed by atoms with Crippen LogP contribution < -0.4 is 5.32 Å². The molecule has 1 fully saturated rings. The van der Waals surface area contributed by atoms with Gasteiger partial charge < -0.3 is 10.4 Å². The Kier molecular flexibility index (Phi) is 4.53. The van der Waals surface area contributed by atoms with Gasteiger partial charge >= 0.3 is 5.97 Å². The predicted molar refractivity (Wildman–Crippen MR) is 64.4 cm³/mol. The lowest BCUT2D eigenvalue weighted by Gasteiger charge is -2.32. The predicted octanol–water partition coefficient (Wildman–Crippen LogP) is -2.41. The minimum Gasteiger partial charge on any atom is -0.481 e. The summed E-state index contributed by atoms with van der Waals surface area (Å²) in [6.45, 7) is -0.139. The van der Waals surface area contributed by atoms with Gasteiger partial charge in [-0.3, -0.25) is 9.59 Å². The summed E-state index contributed by atoms with van der Waals surface area (Å²) in [4.78, 5) is 22.2. The fourth-order valence-electron chi connectivity index (χ4n) is 1.72. The largest absolute Gasteiger partial charge is 0.481 e. The van der Waals surface area contributed by atoms with E-state index in [2.05, 4.69) is 5.32 Å². The van der Waals surface area contributed by atoms with E-state index in [0.29, 0.717) is 4.31 Å². The molecule has 0 aliphatic carbocycles. The number of amides is 1. The molecular formula is C8H14N2O7S2. The highest BCUT2D eigenvalue weighted by molar-refractivity contribution is 8.06. The molecule has 0 aromatic rings. The van der Waals surface area contributed by atoms with Crippen LogP contribution in [0.25, 0.3) is 0 Å². The summed E-state index contributed by atoms with van der Waals surface area (Å²) < 4.78 is 46.6. The highest BCUT2D eigenvalue weighted by Gasteiger charge is 2.40. The van der Waals surface area contributed by atoms with Gasteiger partial charge in [0, 0.05) is 19.3 Å². The molecule has 0 spiro atoms. The van der Waals surface area contributed by atoms with Crippen LogP contribution in [0.1, 0.15) is 6.42 Å². The lowest BCUT2D eigenvalue weighted by molar-refractivity contribution is -0.141. The van der Waals surface area contributed by atoms with E-state index >= 15 is 0 Å². The van der Waals surface area contributed by atoms with Crippen molar-refractivity contribution in [3.63, 3.8) is 0 Å². The van der Waals surface area contributed by atoms with Gasteiger partial charge in [-0.05, 0) is 0 Å². The molecule has 0 aromatic carbocycles. The highest BCUT2D eigenvalue weighted by Crippen LogP contribution is 2.15. The average molecular weight is 314 g/mol. The molecule has 1 atom stereocenters. The lowest BCUT2D eigenvalue weighted by atomic mass is 10.1. The number of sulfone groups is 1. The summed E-state index contributed by atoms with van der Waals surface area (Å²) in [5, 5.41) is 9.87. The van der Waals surface area contributed by atoms with Crippen LogP contribution in [-0.4, -0.2) is 68.6 Å². The van der Waals surface area contributed by atoms with Crippen LogP contribution in [-0.2, 0) is 29.4 Å². The Bertz CT molecular complexity index is 580. The number of nitrogens with one attached hydrogen (secondary N) is 1. The number of hydrogen-bond acceptors (Lipinski definition) is 6. The van der Waals surface area contributed by atoms with Crippen molar-refractivity contribution in [1.82, 2.24) is 9.62 Å². The molecule has 0 bridgehead atoms. The van der Waals surface area contributed by atoms with E-state index in [-0.39, 0.29) is 13.1 Å². The second-order valence-electron chi connectivity index (χ2n) is 4.17. The molecule has 9 nitrogen and oxygen atoms in total. The second-order valence-corrected chi connectivity index (χ2v) is 8.60. The van der Waals surface area contributed by atoms with Gasteiger partial charge in [0.2, 0.25) is 15.9 Å². The van der Waals surface area contributed by atoms with Crippen molar-refractivity contribution in [2.75, 3.05) is 24.4 Å². The summed E-state index contributed by atoms with van der Waals surface area (Å²) in [5.41, 5.74) is 0. The first kappa shape index (κ1) is 15.9. The van der Waals surface area contributed by atoms with Crippen molar-refractivity contribution in [3.8, 4) is 0 Å². The van der Waals surface area contributed by atoms with Gasteiger partial charge in [-0.25, -0.2) is 16.8 Å².